The van der Waals surface area contributed by atoms with Crippen molar-refractivity contribution in [3.63, 3.8) is 0 Å². The van der Waals surface area contributed by atoms with E-state index in [0.717, 1.165) is 28.7 Å². The van der Waals surface area contributed by atoms with Crippen molar-refractivity contribution in [1.82, 2.24) is 14.9 Å². The Morgan fingerprint density at radius 3 is 2.73 bits per heavy atom. The number of nitrogens with one attached hydrogen (secondary N) is 1. The monoisotopic (exact) mass is 226 g/mol. The third-order valence-electron chi connectivity index (χ3n) is 2.05. The third-order valence-corrected chi connectivity index (χ3v) is 3.12. The van der Waals surface area contributed by atoms with E-state index in [-0.39, 0.29) is 0 Å². The van der Waals surface area contributed by atoms with Crippen LogP contribution in [0.2, 0.25) is 0 Å². The standard InChI is InChI=1S/C10H18N4S/c1-8-9(11-2)12-7-13-10(8)15-6-5-14(3)4/h7H,5-6H2,1-4H3,(H,11,12,13). The van der Waals surface area contributed by atoms with Crippen molar-refractivity contribution in [3.05, 3.63) is 11.9 Å². The average Bonchev–Trinajstić information content (AvgIpc) is 2.20. The van der Waals surface area contributed by atoms with Crippen LogP contribution in [-0.2, 0) is 0 Å². The predicted octanol–water partition coefficient (Wildman–Crippen LogP) is 1.48. The van der Waals surface area contributed by atoms with Crippen LogP contribution in [0.5, 0.6) is 0 Å². The van der Waals surface area contributed by atoms with Crippen molar-refractivity contribution < 1.29 is 0 Å². The predicted molar refractivity (Wildman–Crippen MR) is 65.6 cm³/mol. The number of hydrogen-bond donors (Lipinski definition) is 1. The van der Waals surface area contributed by atoms with Crippen molar-refractivity contribution in [2.45, 2.75) is 11.9 Å². The second-order valence-electron chi connectivity index (χ2n) is 3.55. The Hall–Kier alpha value is -0.810. The fourth-order valence-electron chi connectivity index (χ4n) is 1.16. The maximum Gasteiger partial charge on any atom is 0.133 e. The molecule has 1 rings (SSSR count). The Balaban J connectivity index is 2.61. The second kappa shape index (κ2) is 5.92. The molecule has 1 aromatic heterocycles. The van der Waals surface area contributed by atoms with E-state index in [9.17, 15) is 0 Å². The number of hydrogen-bond acceptors (Lipinski definition) is 5. The molecule has 0 aromatic carbocycles. The lowest BCUT2D eigenvalue weighted by Crippen LogP contribution is -2.15. The summed E-state index contributed by atoms with van der Waals surface area (Å²) in [6, 6.07) is 0. The van der Waals surface area contributed by atoms with Gasteiger partial charge in [-0.1, -0.05) is 0 Å². The van der Waals surface area contributed by atoms with Gasteiger partial charge in [0.1, 0.15) is 17.2 Å². The molecule has 0 radical (unpaired) electrons. The first-order valence-corrected chi connectivity index (χ1v) is 5.90. The molecule has 0 aliphatic rings. The van der Waals surface area contributed by atoms with Gasteiger partial charge in [0.15, 0.2) is 0 Å². The van der Waals surface area contributed by atoms with E-state index >= 15 is 0 Å². The van der Waals surface area contributed by atoms with E-state index in [1.54, 1.807) is 18.1 Å². The molecule has 0 saturated heterocycles. The number of aromatic nitrogens is 2. The lowest BCUT2D eigenvalue weighted by Gasteiger charge is -2.10. The SMILES string of the molecule is CNc1ncnc(SCCN(C)C)c1C. The fraction of sp³-hybridized carbons (Fsp3) is 0.600. The first-order chi connectivity index (χ1) is 7.15. The summed E-state index contributed by atoms with van der Waals surface area (Å²) >= 11 is 1.77. The number of thioether (sulfide) groups is 1. The Bertz CT molecular complexity index is 314. The summed E-state index contributed by atoms with van der Waals surface area (Å²) in [7, 11) is 6.03. The van der Waals surface area contributed by atoms with E-state index in [0.29, 0.717) is 0 Å². The van der Waals surface area contributed by atoms with Gasteiger partial charge in [-0.25, -0.2) is 9.97 Å². The summed E-state index contributed by atoms with van der Waals surface area (Å²) in [5, 5.41) is 4.13. The molecule has 1 N–H and O–H groups in total. The maximum absolute atomic E-state index is 4.28. The molecule has 1 heterocycles. The first kappa shape index (κ1) is 12.3. The quantitative estimate of drug-likeness (QED) is 0.608. The highest BCUT2D eigenvalue weighted by molar-refractivity contribution is 7.99. The molecule has 0 spiro atoms. The molecule has 0 bridgehead atoms. The molecule has 4 nitrogen and oxygen atoms in total. The molecule has 0 aliphatic carbocycles. The number of nitrogens with zero attached hydrogens (tertiary/aromatic N) is 3. The van der Waals surface area contributed by atoms with Gasteiger partial charge >= 0.3 is 0 Å². The van der Waals surface area contributed by atoms with Crippen LogP contribution in [0.3, 0.4) is 0 Å². The topological polar surface area (TPSA) is 41.1 Å². The molecule has 0 saturated carbocycles. The average molecular weight is 226 g/mol. The van der Waals surface area contributed by atoms with Gasteiger partial charge in [-0.15, -0.1) is 11.8 Å². The minimum atomic E-state index is 0.914. The summed E-state index contributed by atoms with van der Waals surface area (Å²) in [5.74, 6) is 1.96. The van der Waals surface area contributed by atoms with Gasteiger partial charge in [0.25, 0.3) is 0 Å². The zero-order valence-electron chi connectivity index (χ0n) is 9.74. The van der Waals surface area contributed by atoms with Crippen LogP contribution < -0.4 is 5.32 Å². The van der Waals surface area contributed by atoms with Crippen LogP contribution in [0.15, 0.2) is 11.4 Å². The Labute approximate surface area is 95.5 Å². The molecular formula is C10H18N4S. The summed E-state index contributed by atoms with van der Waals surface area (Å²) in [5.41, 5.74) is 1.13. The summed E-state index contributed by atoms with van der Waals surface area (Å²) in [6.45, 7) is 3.10. The second-order valence-corrected chi connectivity index (χ2v) is 4.64. The molecule has 0 amide bonds. The lowest BCUT2D eigenvalue weighted by molar-refractivity contribution is 0.437. The maximum atomic E-state index is 4.28. The first-order valence-electron chi connectivity index (χ1n) is 4.92. The molecule has 0 atom stereocenters. The van der Waals surface area contributed by atoms with Crippen LogP contribution in [0, 0.1) is 6.92 Å². The highest BCUT2D eigenvalue weighted by Gasteiger charge is 2.05. The summed E-state index contributed by atoms with van der Waals surface area (Å²) in [4.78, 5) is 10.6. The minimum absolute atomic E-state index is 0.914. The molecule has 0 aliphatic heterocycles. The smallest absolute Gasteiger partial charge is 0.133 e. The molecular weight excluding hydrogens is 208 g/mol. The van der Waals surface area contributed by atoms with E-state index in [1.807, 2.05) is 14.0 Å². The van der Waals surface area contributed by atoms with Gasteiger partial charge in [0.05, 0.1) is 0 Å². The fourth-order valence-corrected chi connectivity index (χ4v) is 2.24. The van der Waals surface area contributed by atoms with Gasteiger partial charge in [0.2, 0.25) is 0 Å². The number of rotatable bonds is 5. The Morgan fingerprint density at radius 1 is 1.40 bits per heavy atom. The Morgan fingerprint density at radius 2 is 2.13 bits per heavy atom. The largest absolute Gasteiger partial charge is 0.373 e. The van der Waals surface area contributed by atoms with E-state index in [2.05, 4.69) is 34.3 Å². The van der Waals surface area contributed by atoms with Crippen molar-refractivity contribution in [2.75, 3.05) is 38.8 Å². The van der Waals surface area contributed by atoms with Gasteiger partial charge in [-0.3, -0.25) is 0 Å². The van der Waals surface area contributed by atoms with Gasteiger partial charge in [0, 0.05) is 24.9 Å². The molecule has 15 heavy (non-hydrogen) atoms. The third kappa shape index (κ3) is 3.68. The van der Waals surface area contributed by atoms with Crippen LogP contribution in [0.1, 0.15) is 5.56 Å². The Kier molecular flexibility index (Phi) is 4.84. The highest BCUT2D eigenvalue weighted by Crippen LogP contribution is 2.23. The van der Waals surface area contributed by atoms with Crippen LogP contribution in [0.25, 0.3) is 0 Å². The van der Waals surface area contributed by atoms with Crippen LogP contribution in [0.4, 0.5) is 5.82 Å². The van der Waals surface area contributed by atoms with Gasteiger partial charge in [-0.2, -0.15) is 0 Å². The van der Waals surface area contributed by atoms with E-state index in [4.69, 9.17) is 0 Å². The number of anilines is 1. The van der Waals surface area contributed by atoms with Gasteiger partial charge in [-0.05, 0) is 21.0 Å². The van der Waals surface area contributed by atoms with Crippen molar-refractivity contribution in [1.29, 1.82) is 0 Å². The van der Waals surface area contributed by atoms with Crippen molar-refractivity contribution in [3.8, 4) is 0 Å². The van der Waals surface area contributed by atoms with Crippen LogP contribution in [-0.4, -0.2) is 48.3 Å². The zero-order valence-corrected chi connectivity index (χ0v) is 10.6. The van der Waals surface area contributed by atoms with Crippen molar-refractivity contribution >= 4 is 17.6 Å². The normalized spacial score (nSPS) is 10.7. The van der Waals surface area contributed by atoms with Crippen LogP contribution >= 0.6 is 11.8 Å². The lowest BCUT2D eigenvalue weighted by atomic mass is 10.3. The summed E-state index contributed by atoms with van der Waals surface area (Å²) < 4.78 is 0. The van der Waals surface area contributed by atoms with Gasteiger partial charge < -0.3 is 10.2 Å². The highest BCUT2D eigenvalue weighted by atomic mass is 32.2. The van der Waals surface area contributed by atoms with E-state index in [1.165, 1.54) is 0 Å². The molecule has 0 fully saturated rings. The minimum Gasteiger partial charge on any atom is -0.373 e. The van der Waals surface area contributed by atoms with Crippen molar-refractivity contribution in [2.24, 2.45) is 0 Å². The zero-order chi connectivity index (χ0) is 11.3. The molecule has 0 unspecified atom stereocenters. The molecule has 5 heteroatoms. The van der Waals surface area contributed by atoms with E-state index < -0.39 is 0 Å². The molecule has 1 aromatic rings. The summed E-state index contributed by atoms with van der Waals surface area (Å²) in [6.07, 6.45) is 1.61. The molecule has 84 valence electrons.